The van der Waals surface area contributed by atoms with Crippen LogP contribution in [0.4, 0.5) is 8.78 Å². The monoisotopic (exact) mass is 410 g/mol. The molecular formula is C19H20F2N2O4S. The van der Waals surface area contributed by atoms with Crippen LogP contribution >= 0.6 is 0 Å². The molecular weight excluding hydrogens is 390 g/mol. The van der Waals surface area contributed by atoms with Crippen molar-refractivity contribution in [1.82, 2.24) is 9.21 Å². The first kappa shape index (κ1) is 20.2. The van der Waals surface area contributed by atoms with Gasteiger partial charge >= 0.3 is 0 Å². The molecule has 1 heterocycles. The summed E-state index contributed by atoms with van der Waals surface area (Å²) in [7, 11) is -3.72. The van der Waals surface area contributed by atoms with Crippen LogP contribution < -0.4 is 4.74 Å². The Labute approximate surface area is 162 Å². The molecule has 0 N–H and O–H groups in total. The van der Waals surface area contributed by atoms with E-state index in [1.807, 2.05) is 6.92 Å². The molecule has 3 rings (SSSR count). The Morgan fingerprint density at radius 3 is 2.29 bits per heavy atom. The van der Waals surface area contributed by atoms with Crippen molar-refractivity contribution in [2.45, 2.75) is 11.8 Å². The number of ether oxygens (including phenoxy) is 1. The predicted octanol–water partition coefficient (Wildman–Crippen LogP) is 2.51. The van der Waals surface area contributed by atoms with Gasteiger partial charge in [0.15, 0.2) is 11.6 Å². The van der Waals surface area contributed by atoms with Crippen molar-refractivity contribution >= 4 is 15.9 Å². The zero-order valence-corrected chi connectivity index (χ0v) is 16.1. The summed E-state index contributed by atoms with van der Waals surface area (Å²) < 4.78 is 59.3. The second-order valence-corrected chi connectivity index (χ2v) is 8.14. The van der Waals surface area contributed by atoms with Gasteiger partial charge in [0.1, 0.15) is 5.75 Å². The summed E-state index contributed by atoms with van der Waals surface area (Å²) in [6.45, 7) is 2.63. The highest BCUT2D eigenvalue weighted by Gasteiger charge is 2.31. The van der Waals surface area contributed by atoms with Gasteiger partial charge in [-0.2, -0.15) is 4.31 Å². The van der Waals surface area contributed by atoms with Gasteiger partial charge in [-0.1, -0.05) is 6.07 Å². The third-order valence-electron chi connectivity index (χ3n) is 4.48. The minimum atomic E-state index is -3.72. The van der Waals surface area contributed by atoms with Crippen LogP contribution in [0.3, 0.4) is 0 Å². The number of carbonyl (C=O) groups is 1. The van der Waals surface area contributed by atoms with Gasteiger partial charge in [0.05, 0.1) is 17.1 Å². The summed E-state index contributed by atoms with van der Waals surface area (Å²) in [6, 6.07) is 9.53. The number of rotatable bonds is 5. The molecule has 0 aromatic heterocycles. The van der Waals surface area contributed by atoms with Crippen LogP contribution in [0.2, 0.25) is 0 Å². The Hall–Kier alpha value is -2.52. The Morgan fingerprint density at radius 1 is 1.04 bits per heavy atom. The van der Waals surface area contributed by atoms with E-state index in [1.54, 1.807) is 12.1 Å². The van der Waals surface area contributed by atoms with Crippen LogP contribution in [0.1, 0.15) is 17.3 Å². The van der Waals surface area contributed by atoms with E-state index in [0.29, 0.717) is 12.4 Å². The predicted molar refractivity (Wildman–Crippen MR) is 98.6 cm³/mol. The number of halogens is 2. The second kappa shape index (κ2) is 8.24. The van der Waals surface area contributed by atoms with Crippen molar-refractivity contribution in [2.75, 3.05) is 32.8 Å². The highest BCUT2D eigenvalue weighted by molar-refractivity contribution is 7.89. The standard InChI is InChI=1S/C19H20F2N2O4S/c1-2-27-14-6-8-15(9-7-14)28(25,26)23-12-10-22(11-13-23)19(24)16-4-3-5-17(20)18(16)21/h3-9H,2,10-13H2,1H3. The fraction of sp³-hybridized carbons (Fsp3) is 0.316. The van der Waals surface area contributed by atoms with E-state index in [-0.39, 0.29) is 36.6 Å². The molecule has 1 amide bonds. The van der Waals surface area contributed by atoms with E-state index in [2.05, 4.69) is 0 Å². The number of hydrogen-bond acceptors (Lipinski definition) is 4. The molecule has 6 nitrogen and oxygen atoms in total. The number of nitrogens with zero attached hydrogens (tertiary/aromatic N) is 2. The third kappa shape index (κ3) is 4.00. The number of sulfonamides is 1. The molecule has 9 heteroatoms. The molecule has 0 aliphatic carbocycles. The maximum Gasteiger partial charge on any atom is 0.257 e. The van der Waals surface area contributed by atoms with Gasteiger partial charge in [-0.25, -0.2) is 17.2 Å². The summed E-state index contributed by atoms with van der Waals surface area (Å²) in [6.07, 6.45) is 0. The van der Waals surface area contributed by atoms with E-state index in [0.717, 1.165) is 6.07 Å². The Morgan fingerprint density at radius 2 is 1.68 bits per heavy atom. The molecule has 0 atom stereocenters. The van der Waals surface area contributed by atoms with Gasteiger partial charge in [0, 0.05) is 26.2 Å². The minimum absolute atomic E-state index is 0.0677. The molecule has 0 radical (unpaired) electrons. The van der Waals surface area contributed by atoms with E-state index in [1.165, 1.54) is 33.5 Å². The van der Waals surface area contributed by atoms with Crippen molar-refractivity contribution in [3.05, 3.63) is 59.7 Å². The molecule has 0 bridgehead atoms. The van der Waals surface area contributed by atoms with Crippen molar-refractivity contribution in [2.24, 2.45) is 0 Å². The van der Waals surface area contributed by atoms with Crippen LogP contribution in [-0.2, 0) is 10.0 Å². The largest absolute Gasteiger partial charge is 0.494 e. The first-order valence-electron chi connectivity index (χ1n) is 8.81. The van der Waals surface area contributed by atoms with Gasteiger partial charge in [-0.15, -0.1) is 0 Å². The normalized spacial score (nSPS) is 15.5. The van der Waals surface area contributed by atoms with E-state index in [4.69, 9.17) is 4.74 Å². The number of piperazine rings is 1. The first-order valence-corrected chi connectivity index (χ1v) is 10.2. The molecule has 2 aromatic rings. The molecule has 0 spiro atoms. The van der Waals surface area contributed by atoms with Gasteiger partial charge in [0.2, 0.25) is 10.0 Å². The smallest absolute Gasteiger partial charge is 0.257 e. The fourth-order valence-electron chi connectivity index (χ4n) is 2.99. The topological polar surface area (TPSA) is 66.9 Å². The van der Waals surface area contributed by atoms with E-state index < -0.39 is 27.6 Å². The summed E-state index contributed by atoms with van der Waals surface area (Å²) in [5, 5.41) is 0. The number of hydrogen-bond donors (Lipinski definition) is 0. The highest BCUT2D eigenvalue weighted by Crippen LogP contribution is 2.22. The fourth-order valence-corrected chi connectivity index (χ4v) is 4.42. The molecule has 1 aliphatic rings. The van der Waals surface area contributed by atoms with Crippen LogP contribution in [0, 0.1) is 11.6 Å². The van der Waals surface area contributed by atoms with Crippen LogP contribution in [0.25, 0.3) is 0 Å². The quantitative estimate of drug-likeness (QED) is 0.760. The summed E-state index contributed by atoms with van der Waals surface area (Å²) in [5.74, 6) is -2.37. The third-order valence-corrected chi connectivity index (χ3v) is 6.39. The number of benzene rings is 2. The lowest BCUT2D eigenvalue weighted by atomic mass is 10.1. The van der Waals surface area contributed by atoms with Crippen LogP contribution in [-0.4, -0.2) is 56.3 Å². The lowest BCUT2D eigenvalue weighted by Crippen LogP contribution is -2.50. The SMILES string of the molecule is CCOc1ccc(S(=O)(=O)N2CCN(C(=O)c3cccc(F)c3F)CC2)cc1. The molecule has 1 saturated heterocycles. The van der Waals surface area contributed by atoms with E-state index in [9.17, 15) is 22.0 Å². The molecule has 28 heavy (non-hydrogen) atoms. The number of carbonyl (C=O) groups excluding carboxylic acids is 1. The molecule has 0 unspecified atom stereocenters. The minimum Gasteiger partial charge on any atom is -0.494 e. The maximum absolute atomic E-state index is 13.8. The zero-order valence-electron chi connectivity index (χ0n) is 15.3. The molecule has 0 saturated carbocycles. The maximum atomic E-state index is 13.8. The second-order valence-electron chi connectivity index (χ2n) is 6.20. The Balaban J connectivity index is 1.69. The average Bonchev–Trinajstić information content (AvgIpc) is 2.70. The molecule has 1 fully saturated rings. The van der Waals surface area contributed by atoms with Crippen LogP contribution in [0.15, 0.2) is 47.4 Å². The lowest BCUT2D eigenvalue weighted by Gasteiger charge is -2.34. The Kier molecular flexibility index (Phi) is 5.95. The van der Waals surface area contributed by atoms with E-state index >= 15 is 0 Å². The number of amides is 1. The molecule has 1 aliphatic heterocycles. The van der Waals surface area contributed by atoms with Crippen LogP contribution in [0.5, 0.6) is 5.75 Å². The zero-order chi connectivity index (χ0) is 20.3. The summed E-state index contributed by atoms with van der Waals surface area (Å²) >= 11 is 0. The summed E-state index contributed by atoms with van der Waals surface area (Å²) in [4.78, 5) is 13.9. The highest BCUT2D eigenvalue weighted by atomic mass is 32.2. The summed E-state index contributed by atoms with van der Waals surface area (Å²) in [5.41, 5.74) is -0.358. The first-order chi connectivity index (χ1) is 13.3. The van der Waals surface area contributed by atoms with Crippen molar-refractivity contribution in [3.63, 3.8) is 0 Å². The Bertz CT molecular complexity index is 956. The average molecular weight is 410 g/mol. The van der Waals surface area contributed by atoms with Crippen molar-refractivity contribution in [3.8, 4) is 5.75 Å². The van der Waals surface area contributed by atoms with Gasteiger partial charge < -0.3 is 9.64 Å². The van der Waals surface area contributed by atoms with Gasteiger partial charge in [0.25, 0.3) is 5.91 Å². The molecule has 150 valence electrons. The lowest BCUT2D eigenvalue weighted by molar-refractivity contribution is 0.0692. The molecule has 2 aromatic carbocycles. The van der Waals surface area contributed by atoms with Gasteiger partial charge in [-0.3, -0.25) is 4.79 Å². The van der Waals surface area contributed by atoms with Crippen molar-refractivity contribution in [1.29, 1.82) is 0 Å². The van der Waals surface area contributed by atoms with Gasteiger partial charge in [-0.05, 0) is 43.3 Å². The van der Waals surface area contributed by atoms with Crippen molar-refractivity contribution < 1.29 is 26.7 Å².